The van der Waals surface area contributed by atoms with Crippen molar-refractivity contribution in [2.75, 3.05) is 25.9 Å². The van der Waals surface area contributed by atoms with Crippen LogP contribution >= 0.6 is 24.0 Å². The van der Waals surface area contributed by atoms with E-state index in [0.717, 1.165) is 12.8 Å². The third-order valence-corrected chi connectivity index (χ3v) is 6.35. The minimum absolute atomic E-state index is 0. The smallest absolute Gasteiger partial charge is 0.216 e. The summed E-state index contributed by atoms with van der Waals surface area (Å²) in [7, 11) is -1.41. The Hall–Kier alpha value is -1.67. The lowest BCUT2D eigenvalue weighted by molar-refractivity contribution is 0.306. The quantitative estimate of drug-likeness (QED) is 0.295. The minimum atomic E-state index is -3.11. The zero-order valence-electron chi connectivity index (χ0n) is 15.9. The van der Waals surface area contributed by atoms with E-state index in [2.05, 4.69) is 30.8 Å². The van der Waals surface area contributed by atoms with Crippen molar-refractivity contribution >= 4 is 40.0 Å². The molecule has 3 heterocycles. The van der Waals surface area contributed by atoms with Gasteiger partial charge < -0.3 is 15.1 Å². The summed E-state index contributed by atoms with van der Waals surface area (Å²) in [5.74, 6) is 2.56. The molecule has 1 fully saturated rings. The predicted octanol–water partition coefficient (Wildman–Crippen LogP) is 1.16. The highest BCUT2D eigenvalue weighted by molar-refractivity contribution is 14.0. The van der Waals surface area contributed by atoms with Crippen LogP contribution in [-0.2, 0) is 16.6 Å². The van der Waals surface area contributed by atoms with Crippen molar-refractivity contribution in [2.45, 2.75) is 32.4 Å². The molecule has 1 aliphatic heterocycles. The lowest BCUT2D eigenvalue weighted by atomic mass is 10.1. The SMILES string of the molecule is CCS(=O)(=O)N1CCC(NC(=NC)NCc2nc(-c3ccco3)n[nH]2)CC1.I. The number of aromatic amines is 1. The highest BCUT2D eigenvalue weighted by Crippen LogP contribution is 2.15. The minimum Gasteiger partial charge on any atom is -0.461 e. The molecular weight excluding hydrogens is 497 g/mol. The number of furan rings is 1. The second-order valence-electron chi connectivity index (χ2n) is 6.23. The number of nitrogens with zero attached hydrogens (tertiary/aromatic N) is 4. The van der Waals surface area contributed by atoms with Gasteiger partial charge in [0.05, 0.1) is 18.6 Å². The number of guanidine groups is 1. The van der Waals surface area contributed by atoms with Gasteiger partial charge in [-0.3, -0.25) is 10.1 Å². The average Bonchev–Trinajstić information content (AvgIpc) is 3.37. The number of piperidine rings is 1. The van der Waals surface area contributed by atoms with E-state index in [0.29, 0.717) is 43.0 Å². The molecule has 156 valence electrons. The second kappa shape index (κ2) is 10.2. The molecule has 2 aromatic rings. The van der Waals surface area contributed by atoms with Gasteiger partial charge in [-0.2, -0.15) is 0 Å². The van der Waals surface area contributed by atoms with E-state index < -0.39 is 10.0 Å². The molecular formula is C16H26IN7O3S. The van der Waals surface area contributed by atoms with Gasteiger partial charge in [0.25, 0.3) is 0 Å². The Morgan fingerprint density at radius 1 is 1.43 bits per heavy atom. The Balaban J connectivity index is 0.00000280. The van der Waals surface area contributed by atoms with E-state index in [4.69, 9.17) is 4.42 Å². The van der Waals surface area contributed by atoms with Crippen LogP contribution in [0.1, 0.15) is 25.6 Å². The molecule has 1 saturated heterocycles. The molecule has 0 saturated carbocycles. The Kier molecular flexibility index (Phi) is 8.24. The van der Waals surface area contributed by atoms with Crippen LogP contribution in [0.5, 0.6) is 0 Å². The summed E-state index contributed by atoms with van der Waals surface area (Å²) in [6.07, 6.45) is 3.06. The van der Waals surface area contributed by atoms with Gasteiger partial charge in [-0.15, -0.1) is 29.1 Å². The number of aromatic nitrogens is 3. The Morgan fingerprint density at radius 2 is 2.18 bits per heavy atom. The van der Waals surface area contributed by atoms with Crippen LogP contribution in [-0.4, -0.2) is 65.8 Å². The van der Waals surface area contributed by atoms with Crippen molar-refractivity contribution in [3.63, 3.8) is 0 Å². The van der Waals surface area contributed by atoms with Gasteiger partial charge >= 0.3 is 0 Å². The van der Waals surface area contributed by atoms with Crippen LogP contribution < -0.4 is 10.6 Å². The summed E-state index contributed by atoms with van der Waals surface area (Å²) in [5.41, 5.74) is 0. The fourth-order valence-electron chi connectivity index (χ4n) is 2.91. The zero-order valence-corrected chi connectivity index (χ0v) is 19.0. The van der Waals surface area contributed by atoms with Gasteiger partial charge in [0.15, 0.2) is 11.7 Å². The molecule has 10 nitrogen and oxygen atoms in total. The molecule has 0 spiro atoms. The third-order valence-electron chi connectivity index (χ3n) is 4.47. The first-order valence-electron chi connectivity index (χ1n) is 8.92. The number of hydrogen-bond acceptors (Lipinski definition) is 6. The normalized spacial score (nSPS) is 16.6. The molecule has 12 heteroatoms. The van der Waals surface area contributed by atoms with Gasteiger partial charge in [-0.05, 0) is 31.9 Å². The molecule has 0 aromatic carbocycles. The highest BCUT2D eigenvalue weighted by Gasteiger charge is 2.27. The standard InChI is InChI=1S/C16H25N7O3S.HI/c1-3-27(24,25)23-8-6-12(7-9-23)19-16(17-2)18-11-14-20-15(22-21-14)13-5-4-10-26-13;/h4-5,10,12H,3,6-9,11H2,1-2H3,(H2,17,18,19)(H,20,21,22);1H. The van der Waals surface area contributed by atoms with Crippen molar-refractivity contribution in [1.82, 2.24) is 30.1 Å². The fraction of sp³-hybridized carbons (Fsp3) is 0.562. The zero-order chi connectivity index (χ0) is 19.3. The first-order valence-corrected chi connectivity index (χ1v) is 10.5. The average molecular weight is 523 g/mol. The fourth-order valence-corrected chi connectivity index (χ4v) is 4.04. The van der Waals surface area contributed by atoms with Gasteiger partial charge in [-0.25, -0.2) is 17.7 Å². The first kappa shape index (κ1) is 22.6. The molecule has 0 amide bonds. The summed E-state index contributed by atoms with van der Waals surface area (Å²) in [4.78, 5) is 8.59. The van der Waals surface area contributed by atoms with Crippen molar-refractivity contribution in [2.24, 2.45) is 4.99 Å². The molecule has 0 radical (unpaired) electrons. The summed E-state index contributed by atoms with van der Waals surface area (Å²) < 4.78 is 30.7. The van der Waals surface area contributed by atoms with Gasteiger partial charge in [0.2, 0.25) is 15.8 Å². The number of halogens is 1. The summed E-state index contributed by atoms with van der Waals surface area (Å²) >= 11 is 0. The molecule has 3 N–H and O–H groups in total. The van der Waals surface area contributed by atoms with Crippen LogP contribution in [0.3, 0.4) is 0 Å². The molecule has 0 atom stereocenters. The number of hydrogen-bond donors (Lipinski definition) is 3. The number of rotatable bonds is 6. The Morgan fingerprint density at radius 3 is 2.79 bits per heavy atom. The van der Waals surface area contributed by atoms with Crippen LogP contribution in [0.15, 0.2) is 27.8 Å². The monoisotopic (exact) mass is 523 g/mol. The molecule has 0 bridgehead atoms. The first-order chi connectivity index (χ1) is 13.0. The van der Waals surface area contributed by atoms with Crippen LogP contribution in [0.2, 0.25) is 0 Å². The molecule has 1 aliphatic rings. The van der Waals surface area contributed by atoms with E-state index in [-0.39, 0.29) is 35.8 Å². The topological polar surface area (TPSA) is 129 Å². The van der Waals surface area contributed by atoms with Crippen LogP contribution in [0.4, 0.5) is 0 Å². The summed E-state index contributed by atoms with van der Waals surface area (Å²) in [5, 5.41) is 13.5. The maximum atomic E-state index is 11.9. The van der Waals surface area contributed by atoms with E-state index in [1.54, 1.807) is 36.7 Å². The van der Waals surface area contributed by atoms with Gasteiger partial charge in [0.1, 0.15) is 5.82 Å². The Bertz CT molecular complexity index is 859. The van der Waals surface area contributed by atoms with Crippen LogP contribution in [0, 0.1) is 0 Å². The van der Waals surface area contributed by atoms with Crippen molar-refractivity contribution in [3.05, 3.63) is 24.2 Å². The van der Waals surface area contributed by atoms with E-state index in [9.17, 15) is 8.42 Å². The van der Waals surface area contributed by atoms with Crippen LogP contribution in [0.25, 0.3) is 11.6 Å². The lowest BCUT2D eigenvalue weighted by Crippen LogP contribution is -2.49. The number of H-pyrrole nitrogens is 1. The van der Waals surface area contributed by atoms with E-state index in [1.807, 2.05) is 0 Å². The molecule has 0 unspecified atom stereocenters. The number of nitrogens with one attached hydrogen (secondary N) is 3. The molecule has 0 aliphatic carbocycles. The summed E-state index contributed by atoms with van der Waals surface area (Å²) in [6, 6.07) is 3.76. The number of aliphatic imine (C=N–C) groups is 1. The maximum absolute atomic E-state index is 11.9. The lowest BCUT2D eigenvalue weighted by Gasteiger charge is -2.32. The molecule has 28 heavy (non-hydrogen) atoms. The van der Waals surface area contributed by atoms with Gasteiger partial charge in [-0.1, -0.05) is 0 Å². The molecule has 2 aromatic heterocycles. The van der Waals surface area contributed by atoms with Gasteiger partial charge in [0, 0.05) is 26.2 Å². The van der Waals surface area contributed by atoms with E-state index in [1.165, 1.54) is 0 Å². The largest absolute Gasteiger partial charge is 0.461 e. The summed E-state index contributed by atoms with van der Waals surface area (Å²) in [6.45, 7) is 3.15. The van der Waals surface area contributed by atoms with Crippen molar-refractivity contribution < 1.29 is 12.8 Å². The van der Waals surface area contributed by atoms with Crippen molar-refractivity contribution in [1.29, 1.82) is 0 Å². The predicted molar refractivity (Wildman–Crippen MR) is 117 cm³/mol. The Labute approximate surface area is 181 Å². The molecule has 3 rings (SSSR count). The van der Waals surface area contributed by atoms with E-state index >= 15 is 0 Å². The third kappa shape index (κ3) is 5.67. The second-order valence-corrected chi connectivity index (χ2v) is 8.48. The number of sulfonamides is 1. The maximum Gasteiger partial charge on any atom is 0.216 e. The highest BCUT2D eigenvalue weighted by atomic mass is 127. The van der Waals surface area contributed by atoms with Crippen molar-refractivity contribution in [3.8, 4) is 11.6 Å².